The minimum atomic E-state index is -0.671. The Labute approximate surface area is 530 Å². The van der Waals surface area contributed by atoms with E-state index in [1.165, 1.54) is 0 Å². The van der Waals surface area contributed by atoms with E-state index in [1.807, 2.05) is 65.1 Å². The van der Waals surface area contributed by atoms with Gasteiger partial charge in [0.25, 0.3) is 0 Å². The van der Waals surface area contributed by atoms with Gasteiger partial charge in [-0.25, -0.2) is 0 Å². The van der Waals surface area contributed by atoms with Crippen LogP contribution in [0.2, 0.25) is 0 Å². The molecule has 90 heavy (non-hydrogen) atoms. The number of nitrogens with one attached hydrogen (secondary N) is 3. The zero-order chi connectivity index (χ0) is 63.7. The lowest BCUT2D eigenvalue weighted by atomic mass is 9.71. The number of phenols is 2. The van der Waals surface area contributed by atoms with Crippen molar-refractivity contribution in [3.63, 3.8) is 0 Å². The van der Waals surface area contributed by atoms with Gasteiger partial charge in [0.05, 0.1) is 50.5 Å². The van der Waals surface area contributed by atoms with Gasteiger partial charge in [-0.15, -0.1) is 0 Å². The van der Waals surface area contributed by atoms with E-state index in [0.717, 1.165) is 78.2 Å². The summed E-state index contributed by atoms with van der Waals surface area (Å²) in [6.45, 7) is 18.5. The third kappa shape index (κ3) is 9.90. The highest BCUT2D eigenvalue weighted by molar-refractivity contribution is 7.80. The first-order valence-electron chi connectivity index (χ1n) is 30.5. The number of thiocarbonyl (C=S) groups is 1. The number of para-hydroxylation sites is 1. The molecular formula is C68H78N10O11S. The van der Waals surface area contributed by atoms with Crippen molar-refractivity contribution < 1.29 is 52.9 Å². The van der Waals surface area contributed by atoms with Crippen molar-refractivity contribution in [1.29, 1.82) is 10.5 Å². The number of piperazine rings is 2. The molecule has 0 aliphatic carbocycles. The number of hydrogen-bond donors (Lipinski definition) is 6. The summed E-state index contributed by atoms with van der Waals surface area (Å²) in [6.07, 6.45) is 5.69. The molecule has 2 fully saturated rings. The molecule has 5 aromatic carbocycles. The molecule has 4 bridgehead atoms. The summed E-state index contributed by atoms with van der Waals surface area (Å²) in [5, 5.41) is 54.5. The Morgan fingerprint density at radius 3 is 1.61 bits per heavy atom. The fourth-order valence-electron chi connectivity index (χ4n) is 16.1. The topological polar surface area (TPSA) is 254 Å². The number of carbonyl (C=O) groups is 1. The summed E-state index contributed by atoms with van der Waals surface area (Å²) in [5.41, 5.74) is 18.1. The molecule has 2 unspecified atom stereocenters. The number of aryl methyl sites for hydroxylation is 2. The number of nitrogens with zero attached hydrogens (tertiary/aromatic N) is 6. The fourth-order valence-corrected chi connectivity index (χ4v) is 16.4. The Bertz CT molecular complexity index is 3820. The number of fused-ring (bicyclic) bond motifs is 18. The van der Waals surface area contributed by atoms with Gasteiger partial charge < -0.3 is 69.8 Å². The monoisotopic (exact) mass is 1240 g/mol. The third-order valence-corrected chi connectivity index (χ3v) is 19.9. The quantitative estimate of drug-likeness (QED) is 0.0462. The van der Waals surface area contributed by atoms with Crippen LogP contribution in [0.15, 0.2) is 67.8 Å². The summed E-state index contributed by atoms with van der Waals surface area (Å²) in [7, 11) is 7.22. The predicted molar refractivity (Wildman–Crippen MR) is 341 cm³/mol. The second-order valence-electron chi connectivity index (χ2n) is 24.4. The van der Waals surface area contributed by atoms with Crippen LogP contribution in [0.3, 0.4) is 0 Å². The number of benzene rings is 5. The molecule has 11 atom stereocenters. The molecule has 0 spiro atoms. The van der Waals surface area contributed by atoms with E-state index in [2.05, 4.69) is 80.0 Å². The Balaban J connectivity index is 0.000000183. The van der Waals surface area contributed by atoms with Crippen LogP contribution in [0, 0.1) is 50.4 Å². The lowest BCUT2D eigenvalue weighted by Gasteiger charge is -2.60. The van der Waals surface area contributed by atoms with Crippen LogP contribution in [0.1, 0.15) is 97.9 Å². The average molecular weight is 1240 g/mol. The molecule has 8 aliphatic heterocycles. The maximum atomic E-state index is 13.8. The highest BCUT2D eigenvalue weighted by Crippen LogP contribution is 2.61. The van der Waals surface area contributed by atoms with Gasteiger partial charge in [-0.05, 0) is 121 Å². The largest absolute Gasteiger partial charge is 0.504 e. The Morgan fingerprint density at radius 2 is 1.17 bits per heavy atom. The molecule has 13 rings (SSSR count). The zero-order valence-corrected chi connectivity index (χ0v) is 53.1. The number of hydrogen-bond acceptors (Lipinski definition) is 19. The third-order valence-electron chi connectivity index (χ3n) is 19.7. The second kappa shape index (κ2) is 24.7. The van der Waals surface area contributed by atoms with Gasteiger partial charge in [0.15, 0.2) is 51.1 Å². The predicted octanol–water partition coefficient (Wildman–Crippen LogP) is 7.62. The summed E-state index contributed by atoms with van der Waals surface area (Å²) in [4.78, 5) is 22.7. The molecule has 22 heteroatoms. The van der Waals surface area contributed by atoms with Crippen molar-refractivity contribution in [3.05, 3.63) is 135 Å². The summed E-state index contributed by atoms with van der Waals surface area (Å²) in [6, 6.07) is 15.3. The van der Waals surface area contributed by atoms with Crippen LogP contribution >= 0.6 is 12.2 Å². The number of nitrogens with two attached hydrogens (primary N) is 1. The van der Waals surface area contributed by atoms with Crippen LogP contribution < -0.4 is 59.6 Å². The van der Waals surface area contributed by atoms with Gasteiger partial charge in [-0.2, -0.15) is 10.5 Å². The summed E-state index contributed by atoms with van der Waals surface area (Å²) in [5.74, 6) is 4.92. The second-order valence-corrected chi connectivity index (χ2v) is 24.8. The van der Waals surface area contributed by atoms with E-state index in [9.17, 15) is 25.5 Å². The van der Waals surface area contributed by atoms with Crippen molar-refractivity contribution in [2.24, 2.45) is 5.73 Å². The van der Waals surface area contributed by atoms with Crippen LogP contribution in [0.25, 0.3) is 0 Å². The van der Waals surface area contributed by atoms with Crippen LogP contribution in [-0.2, 0) is 30.5 Å². The van der Waals surface area contributed by atoms with E-state index in [1.54, 1.807) is 33.3 Å². The molecule has 0 radical (unpaired) electrons. The normalized spacial score (nSPS) is 24.8. The first kappa shape index (κ1) is 61.7. The number of anilines is 1. The highest BCUT2D eigenvalue weighted by atomic mass is 32.1. The zero-order valence-electron chi connectivity index (χ0n) is 52.3. The minimum Gasteiger partial charge on any atom is -0.504 e. The van der Waals surface area contributed by atoms with Crippen molar-refractivity contribution in [1.82, 2.24) is 30.2 Å². The SMILES string of the molecule is C=CCOc1c(C)c2c(c3c1CC1[C@H]4c5c(cc(C)c(OC)c5O)C[C@@H]([C@H](C#N)N1[C@H]3CN)N4C)OCO2.C=CCOc1c(C)c2c(c3c1CC1[C@H]4c5c(cc(C)c(OC)c5O)C[C@@H]([C@H](C#N)N1[C@H]3CNC(=O)[C@@H](C)NC(=S)Nc1ccccc1)N4C)OCO2. The van der Waals surface area contributed by atoms with Crippen LogP contribution in [-0.4, -0.2) is 151 Å². The number of aromatic hydroxyl groups is 2. The molecule has 0 aromatic heterocycles. The Hall–Kier alpha value is -8.48. The number of carbonyl (C=O) groups excluding carboxylic acids is 1. The number of ether oxygens (including phenoxy) is 8. The maximum absolute atomic E-state index is 13.8. The van der Waals surface area contributed by atoms with Crippen LogP contribution in [0.4, 0.5) is 5.69 Å². The number of methoxy groups -OCH3 is 2. The molecule has 8 heterocycles. The van der Waals surface area contributed by atoms with Gasteiger partial charge in [-0.3, -0.25) is 24.4 Å². The van der Waals surface area contributed by atoms with Gasteiger partial charge in [0.2, 0.25) is 19.5 Å². The summed E-state index contributed by atoms with van der Waals surface area (Å²) < 4.78 is 48.0. The van der Waals surface area contributed by atoms with E-state index >= 15 is 0 Å². The van der Waals surface area contributed by atoms with Crippen LogP contribution in [0.5, 0.6) is 57.5 Å². The molecule has 1 amide bonds. The lowest BCUT2D eigenvalue weighted by Crippen LogP contribution is -2.69. The van der Waals surface area contributed by atoms with Gasteiger partial charge in [0.1, 0.15) is 42.8 Å². The first-order valence-corrected chi connectivity index (χ1v) is 30.9. The number of nitriles is 2. The average Bonchev–Trinajstić information content (AvgIpc) is 0.797. The van der Waals surface area contributed by atoms with Crippen molar-refractivity contribution in [2.75, 3.05) is 73.5 Å². The fraction of sp³-hybridized carbons (Fsp3) is 0.441. The molecule has 21 nitrogen and oxygen atoms in total. The van der Waals surface area contributed by atoms with Gasteiger partial charge in [-0.1, -0.05) is 55.6 Å². The molecule has 7 N–H and O–H groups in total. The minimum absolute atomic E-state index is 0.0406. The van der Waals surface area contributed by atoms with Crippen molar-refractivity contribution in [2.45, 2.75) is 127 Å². The lowest BCUT2D eigenvalue weighted by molar-refractivity contribution is -0.123. The molecule has 5 aromatic rings. The molecular weight excluding hydrogens is 1160 g/mol. The molecule has 0 saturated carbocycles. The number of rotatable bonds is 14. The highest BCUT2D eigenvalue weighted by Gasteiger charge is 2.59. The van der Waals surface area contributed by atoms with Gasteiger partial charge in [0, 0.05) is 87.5 Å². The summed E-state index contributed by atoms with van der Waals surface area (Å²) >= 11 is 5.51. The maximum Gasteiger partial charge on any atom is 0.242 e. The molecule has 8 aliphatic rings. The van der Waals surface area contributed by atoms with E-state index < -0.39 is 24.2 Å². The Kier molecular flexibility index (Phi) is 17.0. The van der Waals surface area contributed by atoms with Crippen molar-refractivity contribution >= 4 is 28.9 Å². The van der Waals surface area contributed by atoms with Crippen molar-refractivity contribution in [3.8, 4) is 69.6 Å². The molecule has 2 saturated heterocycles. The number of amides is 1. The van der Waals surface area contributed by atoms with Gasteiger partial charge >= 0.3 is 0 Å². The standard InChI is InChI=1S/C39H44N6O6S.C29H34N4O5/c1-7-13-49-35-21(3)36-37(51-19-50-36)31-25(35)16-27-32-30-23(14-20(2)34(48-6)33(30)46)15-26(44(32)5)28(17-40)45(27)29(31)18-41-38(47)22(4)42-39(52)43-24-11-9-8-10-12-24;1-6-7-36-27-15(3)28-29(38-13-37-28)23-17(27)10-19-24-22-16(8-14(2)26(35-5)25(22)34)9-18(32(24)4)20(11-30)33(19)21(23)12-31/h7-12,14,22,26-29,32,46H,1,13,15-16,18-19H2,2-6H3,(H,41,47)(H2,42,43,52);6,8,18-21,24,34H,1,7,9-10,12-13,31H2,2-5H3/t22-,26+,27?,28+,29+,32+;18-,19?,20-,21-,24-/m10/s1. The smallest absolute Gasteiger partial charge is 0.242 e. The number of likely N-dealkylation sites (N-methyl/N-ethyl adjacent to an activating group) is 2. The first-order chi connectivity index (χ1) is 43.5. The Morgan fingerprint density at radius 1 is 0.711 bits per heavy atom. The van der Waals surface area contributed by atoms with E-state index in [4.69, 9.17) is 55.8 Å². The molecule has 472 valence electrons. The van der Waals surface area contributed by atoms with E-state index in [0.29, 0.717) is 84.2 Å². The number of phenolic OH excluding ortho intramolecular Hbond substituents is 2. The van der Waals surface area contributed by atoms with E-state index in [-0.39, 0.29) is 86.4 Å².